The molecule has 0 aromatic rings. The Bertz CT molecular complexity index is 384. The van der Waals surface area contributed by atoms with Crippen molar-refractivity contribution in [3.8, 4) is 0 Å². The Morgan fingerprint density at radius 1 is 1.08 bits per heavy atom. The van der Waals surface area contributed by atoms with Gasteiger partial charge in [-0.2, -0.15) is 0 Å². The molecule has 25 heavy (non-hydrogen) atoms. The summed E-state index contributed by atoms with van der Waals surface area (Å²) in [6.45, 7) is 12.6. The van der Waals surface area contributed by atoms with Crippen molar-refractivity contribution in [1.82, 2.24) is 10.6 Å². The summed E-state index contributed by atoms with van der Waals surface area (Å²) in [6.07, 6.45) is 13.6. The van der Waals surface area contributed by atoms with Crippen molar-refractivity contribution in [3.63, 3.8) is 0 Å². The van der Waals surface area contributed by atoms with Crippen LogP contribution >= 0.6 is 0 Å². The second-order valence-electron chi connectivity index (χ2n) is 9.26. The Morgan fingerprint density at radius 2 is 1.88 bits per heavy atom. The van der Waals surface area contributed by atoms with E-state index in [0.717, 1.165) is 42.6 Å². The molecule has 2 aliphatic rings. The van der Waals surface area contributed by atoms with Gasteiger partial charge in [-0.05, 0) is 88.6 Å². The van der Waals surface area contributed by atoms with Crippen molar-refractivity contribution in [2.45, 2.75) is 91.0 Å². The summed E-state index contributed by atoms with van der Waals surface area (Å²) in [5.41, 5.74) is 1.25. The number of rotatable bonds is 13. The quantitative estimate of drug-likeness (QED) is 0.414. The van der Waals surface area contributed by atoms with Gasteiger partial charge < -0.3 is 10.6 Å². The summed E-state index contributed by atoms with van der Waals surface area (Å²) >= 11 is 0. The Balaban J connectivity index is 1.45. The number of nitrogens with one attached hydrogen (secondary N) is 2. The maximum absolute atomic E-state index is 4.24. The summed E-state index contributed by atoms with van der Waals surface area (Å²) in [4.78, 5) is 0. The van der Waals surface area contributed by atoms with E-state index in [9.17, 15) is 0 Å². The van der Waals surface area contributed by atoms with Gasteiger partial charge in [0.1, 0.15) is 0 Å². The molecule has 6 atom stereocenters. The minimum atomic E-state index is 0.571. The molecule has 2 saturated carbocycles. The van der Waals surface area contributed by atoms with E-state index in [1.807, 2.05) is 7.05 Å². The number of allylic oxidation sites excluding steroid dienone is 1. The van der Waals surface area contributed by atoms with E-state index in [1.54, 1.807) is 0 Å². The smallest absolute Gasteiger partial charge is 0.0229 e. The third-order valence-corrected chi connectivity index (χ3v) is 6.96. The first kappa shape index (κ1) is 20.8. The minimum Gasteiger partial charge on any atom is -0.386 e. The van der Waals surface area contributed by atoms with Crippen molar-refractivity contribution in [3.05, 3.63) is 12.3 Å². The van der Waals surface area contributed by atoms with E-state index in [2.05, 4.69) is 38.0 Å². The molecule has 0 heterocycles. The standard InChI is InChI=1S/C23H44N2/c1-17-15-21(16-22-20(4)23(17)22)13-8-6-7-11-18(2)25-19(3)12-9-10-14-24-5/h17,19-25H,2,6-16H2,1,3-5H3. The molecule has 146 valence electrons. The molecule has 2 N–H and O–H groups in total. The van der Waals surface area contributed by atoms with Crippen molar-refractivity contribution >= 4 is 0 Å². The second-order valence-corrected chi connectivity index (χ2v) is 9.26. The Hall–Kier alpha value is -0.500. The Kier molecular flexibility index (Phi) is 8.82. The fraction of sp³-hybridized carbons (Fsp3) is 0.913. The van der Waals surface area contributed by atoms with E-state index in [0.29, 0.717) is 6.04 Å². The van der Waals surface area contributed by atoms with Gasteiger partial charge >= 0.3 is 0 Å². The normalized spacial score (nSPS) is 32.1. The lowest BCUT2D eigenvalue weighted by Gasteiger charge is -2.26. The molecule has 2 rings (SSSR count). The highest BCUT2D eigenvalue weighted by Crippen LogP contribution is 2.59. The summed E-state index contributed by atoms with van der Waals surface area (Å²) in [6, 6.07) is 0.571. The molecule has 2 nitrogen and oxygen atoms in total. The summed E-state index contributed by atoms with van der Waals surface area (Å²) < 4.78 is 0. The SMILES string of the molecule is C=C(CCCCCC1CC(C)C2C(C)C2C1)NC(C)CCCCNC. The maximum atomic E-state index is 4.24. The van der Waals surface area contributed by atoms with Crippen LogP contribution in [-0.2, 0) is 0 Å². The first-order valence-electron chi connectivity index (χ1n) is 11.1. The molecule has 6 unspecified atom stereocenters. The van der Waals surface area contributed by atoms with Crippen LogP contribution in [0.4, 0.5) is 0 Å². The van der Waals surface area contributed by atoms with Gasteiger partial charge in [-0.3, -0.25) is 0 Å². The highest BCUT2D eigenvalue weighted by molar-refractivity contribution is 5.01. The molecule has 0 amide bonds. The molecule has 0 aliphatic heterocycles. The van der Waals surface area contributed by atoms with Crippen molar-refractivity contribution < 1.29 is 0 Å². The second kappa shape index (κ2) is 10.6. The lowest BCUT2D eigenvalue weighted by Crippen LogP contribution is -2.25. The highest BCUT2D eigenvalue weighted by atomic mass is 14.9. The molecule has 2 fully saturated rings. The van der Waals surface area contributed by atoms with Crippen molar-refractivity contribution in [1.29, 1.82) is 0 Å². The van der Waals surface area contributed by atoms with Gasteiger partial charge in [0, 0.05) is 11.7 Å². The lowest BCUT2D eigenvalue weighted by atomic mass is 9.80. The Morgan fingerprint density at radius 3 is 2.60 bits per heavy atom. The van der Waals surface area contributed by atoms with Gasteiger partial charge in [0.25, 0.3) is 0 Å². The predicted octanol–water partition coefficient (Wildman–Crippen LogP) is 5.75. The zero-order chi connectivity index (χ0) is 18.2. The van der Waals surface area contributed by atoms with E-state index in [4.69, 9.17) is 0 Å². The fourth-order valence-electron chi connectivity index (χ4n) is 5.48. The lowest BCUT2D eigenvalue weighted by molar-refractivity contribution is 0.250. The molecule has 0 bridgehead atoms. The van der Waals surface area contributed by atoms with Crippen LogP contribution < -0.4 is 10.6 Å². The van der Waals surface area contributed by atoms with Crippen LogP contribution in [0, 0.1) is 29.6 Å². The maximum Gasteiger partial charge on any atom is 0.0229 e. The van der Waals surface area contributed by atoms with Gasteiger partial charge in [0.15, 0.2) is 0 Å². The van der Waals surface area contributed by atoms with E-state index in [-0.39, 0.29) is 0 Å². The van der Waals surface area contributed by atoms with Crippen LogP contribution in [0.3, 0.4) is 0 Å². The molecule has 2 heteroatoms. The largest absolute Gasteiger partial charge is 0.386 e. The topological polar surface area (TPSA) is 24.1 Å². The number of hydrogen-bond acceptors (Lipinski definition) is 2. The van der Waals surface area contributed by atoms with Crippen LogP contribution in [-0.4, -0.2) is 19.6 Å². The summed E-state index contributed by atoms with van der Waals surface area (Å²) in [5, 5.41) is 6.82. The number of unbranched alkanes of at least 4 members (excludes halogenated alkanes) is 3. The van der Waals surface area contributed by atoms with Crippen LogP contribution in [0.2, 0.25) is 0 Å². The van der Waals surface area contributed by atoms with Crippen LogP contribution in [0.1, 0.15) is 85.0 Å². The van der Waals surface area contributed by atoms with Gasteiger partial charge in [0.05, 0.1) is 0 Å². The third kappa shape index (κ3) is 6.96. The first-order chi connectivity index (χ1) is 12.0. The first-order valence-corrected chi connectivity index (χ1v) is 11.1. The average molecular weight is 349 g/mol. The molecule has 0 saturated heterocycles. The average Bonchev–Trinajstić information content (AvgIpc) is 3.22. The van der Waals surface area contributed by atoms with Crippen LogP contribution in [0.5, 0.6) is 0 Å². The molecule has 0 aromatic heterocycles. The minimum absolute atomic E-state index is 0.571. The van der Waals surface area contributed by atoms with Crippen molar-refractivity contribution in [2.75, 3.05) is 13.6 Å². The van der Waals surface area contributed by atoms with Crippen LogP contribution in [0.25, 0.3) is 0 Å². The van der Waals surface area contributed by atoms with Crippen molar-refractivity contribution in [2.24, 2.45) is 29.6 Å². The number of fused-ring (bicyclic) bond motifs is 1. The summed E-state index contributed by atoms with van der Waals surface area (Å²) in [7, 11) is 2.03. The van der Waals surface area contributed by atoms with E-state index < -0.39 is 0 Å². The Labute approximate surface area is 157 Å². The molecular formula is C23H44N2. The van der Waals surface area contributed by atoms with Gasteiger partial charge in [-0.25, -0.2) is 0 Å². The van der Waals surface area contributed by atoms with Gasteiger partial charge in [-0.1, -0.05) is 46.1 Å². The van der Waals surface area contributed by atoms with Crippen LogP contribution in [0.15, 0.2) is 12.3 Å². The fourth-order valence-corrected chi connectivity index (χ4v) is 5.48. The summed E-state index contributed by atoms with van der Waals surface area (Å²) in [5.74, 6) is 5.24. The highest BCUT2D eigenvalue weighted by Gasteiger charge is 2.52. The predicted molar refractivity (Wildman–Crippen MR) is 111 cm³/mol. The molecular weight excluding hydrogens is 304 g/mol. The third-order valence-electron chi connectivity index (χ3n) is 6.96. The molecule has 0 radical (unpaired) electrons. The molecule has 0 spiro atoms. The monoisotopic (exact) mass is 348 g/mol. The van der Waals surface area contributed by atoms with E-state index >= 15 is 0 Å². The van der Waals surface area contributed by atoms with Gasteiger partial charge in [-0.15, -0.1) is 0 Å². The molecule has 2 aliphatic carbocycles. The zero-order valence-electron chi connectivity index (χ0n) is 17.4. The zero-order valence-corrected chi connectivity index (χ0v) is 17.4. The number of hydrogen-bond donors (Lipinski definition) is 2. The molecule has 0 aromatic carbocycles. The van der Waals surface area contributed by atoms with E-state index in [1.165, 1.54) is 63.5 Å². The van der Waals surface area contributed by atoms with Gasteiger partial charge in [0.2, 0.25) is 0 Å².